The van der Waals surface area contributed by atoms with Crippen LogP contribution in [0.1, 0.15) is 11.3 Å². The van der Waals surface area contributed by atoms with Crippen LogP contribution in [0.4, 0.5) is 0 Å². The lowest BCUT2D eigenvalue weighted by molar-refractivity contribution is 0.751. The Balaban J connectivity index is 2.83. The molecule has 0 fully saturated rings. The average molecular weight is 210 g/mol. The van der Waals surface area contributed by atoms with Gasteiger partial charge < -0.3 is 5.73 Å². The fraction of sp³-hybridized carbons (Fsp3) is 0.300. The van der Waals surface area contributed by atoms with E-state index in [1.165, 1.54) is 0 Å². The van der Waals surface area contributed by atoms with Crippen LogP contribution in [0.25, 0.3) is 10.9 Å². The zero-order valence-electron chi connectivity index (χ0n) is 8.21. The van der Waals surface area contributed by atoms with Crippen molar-refractivity contribution in [3.05, 3.63) is 28.4 Å². The first-order chi connectivity index (χ1) is 6.63. The first-order valence-corrected chi connectivity index (χ1v) is 4.83. The second kappa shape index (κ2) is 3.26. The summed E-state index contributed by atoms with van der Waals surface area (Å²) >= 11 is 6.09. The second-order valence-corrected chi connectivity index (χ2v) is 3.79. The second-order valence-electron chi connectivity index (χ2n) is 3.39. The molecule has 0 amide bonds. The number of aryl methyl sites for hydroxylation is 2. The Hall–Kier alpha value is -1.06. The highest BCUT2D eigenvalue weighted by Crippen LogP contribution is 2.26. The molecule has 0 bridgehead atoms. The van der Waals surface area contributed by atoms with E-state index >= 15 is 0 Å². The minimum Gasteiger partial charge on any atom is -0.326 e. The molecule has 14 heavy (non-hydrogen) atoms. The minimum absolute atomic E-state index is 0.504. The monoisotopic (exact) mass is 209 g/mol. The molecule has 2 rings (SSSR count). The maximum Gasteiger partial charge on any atom is 0.111 e. The van der Waals surface area contributed by atoms with Gasteiger partial charge in [0.15, 0.2) is 0 Å². The van der Waals surface area contributed by atoms with Gasteiger partial charge in [-0.2, -0.15) is 5.10 Å². The highest BCUT2D eigenvalue weighted by atomic mass is 35.5. The van der Waals surface area contributed by atoms with Gasteiger partial charge in [-0.05, 0) is 24.6 Å². The molecule has 0 unspecified atom stereocenters. The van der Waals surface area contributed by atoms with E-state index in [9.17, 15) is 0 Å². The number of rotatable bonds is 1. The Morgan fingerprint density at radius 2 is 2.21 bits per heavy atom. The van der Waals surface area contributed by atoms with Crippen LogP contribution in [0.2, 0.25) is 5.02 Å². The van der Waals surface area contributed by atoms with E-state index in [-0.39, 0.29) is 0 Å². The molecule has 2 aromatic rings. The van der Waals surface area contributed by atoms with Crippen LogP contribution in [0.5, 0.6) is 0 Å². The molecule has 1 heterocycles. The van der Waals surface area contributed by atoms with Gasteiger partial charge in [0.25, 0.3) is 0 Å². The summed E-state index contributed by atoms with van der Waals surface area (Å²) in [6.07, 6.45) is 0. The molecule has 0 saturated heterocycles. The van der Waals surface area contributed by atoms with E-state index in [2.05, 4.69) is 5.10 Å². The Morgan fingerprint density at radius 1 is 1.50 bits per heavy atom. The summed E-state index contributed by atoms with van der Waals surface area (Å²) in [6, 6.07) is 3.92. The number of fused-ring (bicyclic) bond motifs is 1. The summed E-state index contributed by atoms with van der Waals surface area (Å²) in [5.41, 5.74) is 8.58. The lowest BCUT2D eigenvalue weighted by atomic mass is 10.1. The van der Waals surface area contributed by atoms with Crippen LogP contribution in [-0.4, -0.2) is 9.78 Å². The fourth-order valence-corrected chi connectivity index (χ4v) is 1.83. The van der Waals surface area contributed by atoms with Crippen LogP contribution in [0.3, 0.4) is 0 Å². The van der Waals surface area contributed by atoms with Crippen molar-refractivity contribution in [2.24, 2.45) is 12.8 Å². The smallest absolute Gasteiger partial charge is 0.111 e. The molecule has 3 nitrogen and oxygen atoms in total. The highest BCUT2D eigenvalue weighted by molar-refractivity contribution is 6.35. The Labute approximate surface area is 87.5 Å². The van der Waals surface area contributed by atoms with Gasteiger partial charge in [-0.3, -0.25) is 4.68 Å². The number of aromatic nitrogens is 2. The van der Waals surface area contributed by atoms with Crippen LogP contribution in [-0.2, 0) is 13.6 Å². The van der Waals surface area contributed by atoms with Gasteiger partial charge in [-0.15, -0.1) is 0 Å². The predicted molar refractivity (Wildman–Crippen MR) is 58.4 cm³/mol. The van der Waals surface area contributed by atoms with Crippen molar-refractivity contribution in [3.63, 3.8) is 0 Å². The van der Waals surface area contributed by atoms with E-state index in [4.69, 9.17) is 17.3 Å². The Bertz CT molecular complexity index is 488. The SMILES string of the molecule is Cc1c2cc(CN)cc(Cl)c2nn1C. The van der Waals surface area contributed by atoms with Crippen LogP contribution < -0.4 is 5.73 Å². The quantitative estimate of drug-likeness (QED) is 0.781. The first kappa shape index (κ1) is 9.49. The van der Waals surface area contributed by atoms with Crippen molar-refractivity contribution in [3.8, 4) is 0 Å². The summed E-state index contributed by atoms with van der Waals surface area (Å²) in [5, 5.41) is 6.09. The average Bonchev–Trinajstić information content (AvgIpc) is 2.45. The molecular formula is C10H12ClN3. The zero-order valence-corrected chi connectivity index (χ0v) is 8.97. The van der Waals surface area contributed by atoms with E-state index in [0.29, 0.717) is 11.6 Å². The largest absolute Gasteiger partial charge is 0.326 e. The standard InChI is InChI=1S/C10H12ClN3/c1-6-8-3-7(5-12)4-9(11)10(8)13-14(6)2/h3-4H,5,12H2,1-2H3. The van der Waals surface area contributed by atoms with Gasteiger partial charge in [-0.1, -0.05) is 11.6 Å². The van der Waals surface area contributed by atoms with E-state index < -0.39 is 0 Å². The van der Waals surface area contributed by atoms with E-state index in [0.717, 1.165) is 22.2 Å². The highest BCUT2D eigenvalue weighted by Gasteiger charge is 2.09. The lowest BCUT2D eigenvalue weighted by Gasteiger charge is -1.98. The van der Waals surface area contributed by atoms with Gasteiger partial charge in [0.1, 0.15) is 5.52 Å². The van der Waals surface area contributed by atoms with Crippen molar-refractivity contribution in [1.29, 1.82) is 0 Å². The van der Waals surface area contributed by atoms with Crippen molar-refractivity contribution in [2.75, 3.05) is 0 Å². The molecule has 0 atom stereocenters. The van der Waals surface area contributed by atoms with Crippen LogP contribution >= 0.6 is 11.6 Å². The third-order valence-electron chi connectivity index (χ3n) is 2.48. The van der Waals surface area contributed by atoms with E-state index in [1.54, 1.807) is 0 Å². The third kappa shape index (κ3) is 1.29. The molecule has 2 N–H and O–H groups in total. The Morgan fingerprint density at radius 3 is 2.86 bits per heavy atom. The van der Waals surface area contributed by atoms with E-state index in [1.807, 2.05) is 30.8 Å². The molecule has 0 radical (unpaired) electrons. The fourth-order valence-electron chi connectivity index (χ4n) is 1.55. The zero-order chi connectivity index (χ0) is 10.3. The Kier molecular flexibility index (Phi) is 2.21. The maximum atomic E-state index is 6.09. The van der Waals surface area contributed by atoms with Crippen molar-refractivity contribution in [1.82, 2.24) is 9.78 Å². The minimum atomic E-state index is 0.504. The molecule has 1 aromatic heterocycles. The number of halogens is 1. The maximum absolute atomic E-state index is 6.09. The molecule has 4 heteroatoms. The van der Waals surface area contributed by atoms with Gasteiger partial charge in [0.05, 0.1) is 5.02 Å². The van der Waals surface area contributed by atoms with Gasteiger partial charge in [0, 0.05) is 24.7 Å². The molecule has 0 aliphatic rings. The molecule has 0 saturated carbocycles. The van der Waals surface area contributed by atoms with Crippen molar-refractivity contribution >= 4 is 22.5 Å². The van der Waals surface area contributed by atoms with Crippen LogP contribution in [0.15, 0.2) is 12.1 Å². The molecular weight excluding hydrogens is 198 g/mol. The number of hydrogen-bond donors (Lipinski definition) is 1. The van der Waals surface area contributed by atoms with Crippen molar-refractivity contribution in [2.45, 2.75) is 13.5 Å². The van der Waals surface area contributed by atoms with Gasteiger partial charge >= 0.3 is 0 Å². The molecule has 0 spiro atoms. The summed E-state index contributed by atoms with van der Waals surface area (Å²) in [7, 11) is 1.91. The normalized spacial score (nSPS) is 11.1. The first-order valence-electron chi connectivity index (χ1n) is 4.45. The predicted octanol–water partition coefficient (Wildman–Crippen LogP) is 1.99. The summed E-state index contributed by atoms with van der Waals surface area (Å²) in [6.45, 7) is 2.52. The number of nitrogens with two attached hydrogens (primary N) is 1. The van der Waals surface area contributed by atoms with Crippen molar-refractivity contribution < 1.29 is 0 Å². The number of hydrogen-bond acceptors (Lipinski definition) is 2. The molecule has 0 aliphatic carbocycles. The third-order valence-corrected chi connectivity index (χ3v) is 2.77. The lowest BCUT2D eigenvalue weighted by Crippen LogP contribution is -1.95. The molecule has 74 valence electrons. The molecule has 0 aliphatic heterocycles. The number of benzene rings is 1. The number of nitrogens with zero attached hydrogens (tertiary/aromatic N) is 2. The summed E-state index contributed by atoms with van der Waals surface area (Å²) in [5.74, 6) is 0. The topological polar surface area (TPSA) is 43.8 Å². The van der Waals surface area contributed by atoms with Gasteiger partial charge in [-0.25, -0.2) is 0 Å². The summed E-state index contributed by atoms with van der Waals surface area (Å²) in [4.78, 5) is 0. The van der Waals surface area contributed by atoms with Gasteiger partial charge in [0.2, 0.25) is 0 Å². The molecule has 1 aromatic carbocycles. The summed E-state index contributed by atoms with van der Waals surface area (Å²) < 4.78 is 1.83. The van der Waals surface area contributed by atoms with Crippen LogP contribution in [0, 0.1) is 6.92 Å².